The third-order valence-electron chi connectivity index (χ3n) is 4.12. The lowest BCUT2D eigenvalue weighted by Crippen LogP contribution is -2.41. The van der Waals surface area contributed by atoms with Crippen LogP contribution in [0.1, 0.15) is 52.9 Å². The molecule has 110 valence electrons. The highest BCUT2D eigenvalue weighted by Gasteiger charge is 2.38. The molecule has 0 spiro atoms. The summed E-state index contributed by atoms with van der Waals surface area (Å²) in [5.41, 5.74) is 0. The number of rotatable bonds is 5. The minimum Gasteiger partial charge on any atom is -0.325 e. The number of hydrogen-bond donors (Lipinski definition) is 1. The molecule has 1 N–H and O–H groups in total. The molecule has 2 aliphatic heterocycles. The van der Waals surface area contributed by atoms with E-state index in [1.807, 2.05) is 0 Å². The highest BCUT2D eigenvalue weighted by molar-refractivity contribution is 7.99. The second-order valence-corrected chi connectivity index (χ2v) is 7.66. The largest absolute Gasteiger partial charge is 0.325 e. The highest BCUT2D eigenvalue weighted by Crippen LogP contribution is 2.28. The Kier molecular flexibility index (Phi) is 5.58. The van der Waals surface area contributed by atoms with Crippen molar-refractivity contribution in [1.29, 1.82) is 0 Å². The molecule has 0 radical (unpaired) electrons. The van der Waals surface area contributed by atoms with Crippen molar-refractivity contribution in [3.8, 4) is 0 Å². The molecule has 0 aromatic rings. The summed E-state index contributed by atoms with van der Waals surface area (Å²) in [5, 5.41) is 4.19. The Morgan fingerprint density at radius 3 is 2.79 bits per heavy atom. The molecule has 0 aromatic carbocycles. The third kappa shape index (κ3) is 3.88. The Morgan fingerprint density at radius 1 is 1.42 bits per heavy atom. The quantitative estimate of drug-likeness (QED) is 0.842. The van der Waals surface area contributed by atoms with Crippen LogP contribution in [0.25, 0.3) is 0 Å². The van der Waals surface area contributed by atoms with Gasteiger partial charge in [0.15, 0.2) is 0 Å². The Labute approximate surface area is 121 Å². The van der Waals surface area contributed by atoms with Gasteiger partial charge in [0.2, 0.25) is 5.91 Å². The Balaban J connectivity index is 1.94. The van der Waals surface area contributed by atoms with Crippen LogP contribution < -0.4 is 5.32 Å². The van der Waals surface area contributed by atoms with Crippen molar-refractivity contribution in [1.82, 2.24) is 10.2 Å². The Bertz CT molecular complexity index is 303. The molecule has 2 saturated heterocycles. The number of nitrogens with one attached hydrogen (secondary N) is 1. The second-order valence-electron chi connectivity index (χ2n) is 6.25. The van der Waals surface area contributed by atoms with Crippen LogP contribution in [-0.2, 0) is 4.79 Å². The molecule has 3 atom stereocenters. The number of nitrogens with zero attached hydrogens (tertiary/aromatic N) is 1. The average molecular weight is 284 g/mol. The van der Waals surface area contributed by atoms with E-state index in [-0.39, 0.29) is 12.2 Å². The molecule has 3 nitrogen and oxygen atoms in total. The van der Waals surface area contributed by atoms with Crippen molar-refractivity contribution in [2.45, 2.75) is 70.3 Å². The number of carbonyl (C=O) groups is 1. The van der Waals surface area contributed by atoms with Crippen LogP contribution in [0.2, 0.25) is 0 Å². The van der Waals surface area contributed by atoms with Crippen molar-refractivity contribution in [2.75, 3.05) is 12.3 Å². The zero-order valence-electron chi connectivity index (χ0n) is 12.5. The molecule has 2 heterocycles. The van der Waals surface area contributed by atoms with Gasteiger partial charge in [0.05, 0.1) is 12.2 Å². The molecule has 0 bridgehead atoms. The van der Waals surface area contributed by atoms with Gasteiger partial charge in [-0.05, 0) is 37.4 Å². The van der Waals surface area contributed by atoms with Crippen LogP contribution in [0.4, 0.5) is 0 Å². The fourth-order valence-corrected chi connectivity index (χ4v) is 4.42. The summed E-state index contributed by atoms with van der Waals surface area (Å²) in [7, 11) is 0. The predicted octanol–water partition coefficient (Wildman–Crippen LogP) is 2.85. The van der Waals surface area contributed by atoms with Gasteiger partial charge in [-0.15, -0.1) is 0 Å². The maximum atomic E-state index is 12.5. The molecule has 0 aromatic heterocycles. The van der Waals surface area contributed by atoms with Crippen LogP contribution >= 0.6 is 11.8 Å². The number of carbonyl (C=O) groups excluding carboxylic acids is 1. The van der Waals surface area contributed by atoms with E-state index in [0.29, 0.717) is 17.1 Å². The van der Waals surface area contributed by atoms with Gasteiger partial charge in [-0.2, -0.15) is 11.8 Å². The molecule has 2 rings (SSSR count). The van der Waals surface area contributed by atoms with Crippen molar-refractivity contribution < 1.29 is 4.79 Å². The first-order valence-electron chi connectivity index (χ1n) is 7.80. The molecular weight excluding hydrogens is 256 g/mol. The minimum absolute atomic E-state index is 0.0542. The second kappa shape index (κ2) is 6.98. The number of thioether (sulfide) groups is 1. The first-order chi connectivity index (χ1) is 9.11. The summed E-state index contributed by atoms with van der Waals surface area (Å²) >= 11 is 2.06. The van der Waals surface area contributed by atoms with Gasteiger partial charge in [0.25, 0.3) is 0 Å². The summed E-state index contributed by atoms with van der Waals surface area (Å²) in [6.07, 6.45) is 6.19. The Morgan fingerprint density at radius 2 is 2.21 bits per heavy atom. The molecule has 2 aliphatic rings. The van der Waals surface area contributed by atoms with Crippen LogP contribution in [0, 0.1) is 5.92 Å². The lowest BCUT2D eigenvalue weighted by molar-refractivity contribution is -0.130. The van der Waals surface area contributed by atoms with Crippen molar-refractivity contribution in [3.63, 3.8) is 0 Å². The first kappa shape index (κ1) is 15.2. The molecular formula is C15H28N2OS. The van der Waals surface area contributed by atoms with Gasteiger partial charge < -0.3 is 4.90 Å². The molecule has 4 heteroatoms. The molecule has 0 aliphatic carbocycles. The van der Waals surface area contributed by atoms with E-state index in [1.54, 1.807) is 0 Å². The maximum absolute atomic E-state index is 12.5. The summed E-state index contributed by atoms with van der Waals surface area (Å²) in [5.74, 6) is 2.18. The minimum atomic E-state index is 0.0542. The Hall–Kier alpha value is -0.220. The van der Waals surface area contributed by atoms with E-state index in [2.05, 4.69) is 42.7 Å². The maximum Gasteiger partial charge on any atom is 0.241 e. The number of amides is 1. The number of hydrogen-bond acceptors (Lipinski definition) is 3. The highest BCUT2D eigenvalue weighted by atomic mass is 32.2. The van der Waals surface area contributed by atoms with E-state index in [0.717, 1.165) is 19.4 Å². The average Bonchev–Trinajstić information content (AvgIpc) is 2.68. The van der Waals surface area contributed by atoms with E-state index < -0.39 is 0 Å². The smallest absolute Gasteiger partial charge is 0.241 e. The zero-order valence-corrected chi connectivity index (χ0v) is 13.3. The lowest BCUT2D eigenvalue weighted by Gasteiger charge is -2.29. The van der Waals surface area contributed by atoms with Crippen LogP contribution in [-0.4, -0.2) is 40.6 Å². The molecule has 0 saturated carbocycles. The van der Waals surface area contributed by atoms with Crippen LogP contribution in [0.5, 0.6) is 0 Å². The van der Waals surface area contributed by atoms with Gasteiger partial charge in [-0.3, -0.25) is 10.1 Å². The van der Waals surface area contributed by atoms with Gasteiger partial charge in [-0.25, -0.2) is 0 Å². The van der Waals surface area contributed by atoms with E-state index in [4.69, 9.17) is 0 Å². The lowest BCUT2D eigenvalue weighted by atomic mass is 10.0. The SMILES string of the molecule is CCC1NC(CC(C)C)C(=O)N1CC1CCCCS1. The normalized spacial score (nSPS) is 32.3. The molecule has 2 fully saturated rings. The van der Waals surface area contributed by atoms with Crippen molar-refractivity contribution >= 4 is 17.7 Å². The van der Waals surface area contributed by atoms with Gasteiger partial charge in [0.1, 0.15) is 0 Å². The molecule has 19 heavy (non-hydrogen) atoms. The fraction of sp³-hybridized carbons (Fsp3) is 0.933. The summed E-state index contributed by atoms with van der Waals surface area (Å²) in [6, 6.07) is 0.0542. The van der Waals surface area contributed by atoms with E-state index in [1.165, 1.54) is 25.0 Å². The first-order valence-corrected chi connectivity index (χ1v) is 8.84. The fourth-order valence-electron chi connectivity index (χ4n) is 3.11. The van der Waals surface area contributed by atoms with Gasteiger partial charge in [-0.1, -0.05) is 27.2 Å². The summed E-state index contributed by atoms with van der Waals surface area (Å²) < 4.78 is 0. The predicted molar refractivity (Wildman–Crippen MR) is 82.3 cm³/mol. The monoisotopic (exact) mass is 284 g/mol. The standard InChI is InChI=1S/C15H28N2OS/c1-4-14-16-13(9-11(2)3)15(18)17(14)10-12-7-5-6-8-19-12/h11-14,16H,4-10H2,1-3H3. The molecule has 3 unspecified atom stereocenters. The van der Waals surface area contributed by atoms with E-state index in [9.17, 15) is 4.79 Å². The topological polar surface area (TPSA) is 32.3 Å². The van der Waals surface area contributed by atoms with Crippen molar-refractivity contribution in [3.05, 3.63) is 0 Å². The third-order valence-corrected chi connectivity index (χ3v) is 5.50. The van der Waals surface area contributed by atoms with Crippen LogP contribution in [0.3, 0.4) is 0 Å². The van der Waals surface area contributed by atoms with E-state index >= 15 is 0 Å². The van der Waals surface area contributed by atoms with Crippen molar-refractivity contribution in [2.24, 2.45) is 5.92 Å². The van der Waals surface area contributed by atoms with Gasteiger partial charge in [0, 0.05) is 11.8 Å². The van der Waals surface area contributed by atoms with Gasteiger partial charge >= 0.3 is 0 Å². The zero-order chi connectivity index (χ0) is 13.8. The summed E-state index contributed by atoms with van der Waals surface area (Å²) in [6.45, 7) is 7.50. The van der Waals surface area contributed by atoms with Crippen LogP contribution in [0.15, 0.2) is 0 Å². The molecule has 1 amide bonds. The summed E-state index contributed by atoms with van der Waals surface area (Å²) in [4.78, 5) is 14.7.